The van der Waals surface area contributed by atoms with E-state index in [-0.39, 0.29) is 5.69 Å². The SMILES string of the molecule is Cc1nc(C(=O)O)cn1Cc1cccc(Cl)c1. The van der Waals surface area contributed by atoms with Gasteiger partial charge in [-0.25, -0.2) is 9.78 Å². The van der Waals surface area contributed by atoms with Gasteiger partial charge < -0.3 is 9.67 Å². The van der Waals surface area contributed by atoms with Gasteiger partial charge in [-0.2, -0.15) is 0 Å². The van der Waals surface area contributed by atoms with Crippen molar-refractivity contribution in [2.45, 2.75) is 13.5 Å². The normalized spacial score (nSPS) is 10.5. The molecule has 1 heterocycles. The molecule has 0 radical (unpaired) electrons. The number of carbonyl (C=O) groups is 1. The first-order chi connectivity index (χ1) is 8.06. The summed E-state index contributed by atoms with van der Waals surface area (Å²) in [5.41, 5.74) is 1.07. The molecule has 17 heavy (non-hydrogen) atoms. The highest BCUT2D eigenvalue weighted by molar-refractivity contribution is 6.30. The van der Waals surface area contributed by atoms with Gasteiger partial charge in [0.1, 0.15) is 5.82 Å². The highest BCUT2D eigenvalue weighted by Crippen LogP contribution is 2.13. The lowest BCUT2D eigenvalue weighted by Crippen LogP contribution is -2.00. The molecule has 2 rings (SSSR count). The van der Waals surface area contributed by atoms with Gasteiger partial charge in [0.05, 0.1) is 0 Å². The van der Waals surface area contributed by atoms with Crippen LogP contribution in [0.3, 0.4) is 0 Å². The lowest BCUT2D eigenvalue weighted by Gasteiger charge is -2.04. The first-order valence-electron chi connectivity index (χ1n) is 5.08. The number of rotatable bonds is 3. The van der Waals surface area contributed by atoms with Gasteiger partial charge in [0, 0.05) is 17.8 Å². The Balaban J connectivity index is 2.27. The molecule has 0 aliphatic rings. The van der Waals surface area contributed by atoms with Crippen LogP contribution in [0.4, 0.5) is 0 Å². The molecular weight excluding hydrogens is 240 g/mol. The zero-order valence-electron chi connectivity index (χ0n) is 9.22. The molecule has 0 aliphatic carbocycles. The van der Waals surface area contributed by atoms with Crippen molar-refractivity contribution in [3.8, 4) is 0 Å². The van der Waals surface area contributed by atoms with Crippen molar-refractivity contribution in [1.29, 1.82) is 0 Å². The van der Waals surface area contributed by atoms with Crippen LogP contribution in [0.1, 0.15) is 21.9 Å². The van der Waals surface area contributed by atoms with Crippen LogP contribution in [0.15, 0.2) is 30.5 Å². The number of nitrogens with zero attached hydrogens (tertiary/aromatic N) is 2. The van der Waals surface area contributed by atoms with Crippen molar-refractivity contribution in [3.05, 3.63) is 52.6 Å². The van der Waals surface area contributed by atoms with E-state index in [0.29, 0.717) is 17.4 Å². The second-order valence-corrected chi connectivity index (χ2v) is 4.17. The molecule has 0 amide bonds. The summed E-state index contributed by atoms with van der Waals surface area (Å²) in [6, 6.07) is 7.45. The maximum absolute atomic E-state index is 10.8. The first-order valence-corrected chi connectivity index (χ1v) is 5.45. The Bertz CT molecular complexity index is 563. The molecule has 0 saturated heterocycles. The summed E-state index contributed by atoms with van der Waals surface area (Å²) in [7, 11) is 0. The summed E-state index contributed by atoms with van der Waals surface area (Å²) >= 11 is 5.89. The summed E-state index contributed by atoms with van der Waals surface area (Å²) < 4.78 is 1.79. The summed E-state index contributed by atoms with van der Waals surface area (Å²) in [6.45, 7) is 2.34. The molecule has 0 aliphatic heterocycles. The van der Waals surface area contributed by atoms with Gasteiger partial charge in [0.15, 0.2) is 5.69 Å². The van der Waals surface area contributed by atoms with Crippen LogP contribution in [-0.2, 0) is 6.54 Å². The molecule has 0 spiro atoms. The minimum absolute atomic E-state index is 0.0597. The largest absolute Gasteiger partial charge is 0.476 e. The summed E-state index contributed by atoms with van der Waals surface area (Å²) in [5.74, 6) is -0.347. The molecule has 0 fully saturated rings. The number of imidazole rings is 1. The number of benzene rings is 1. The fourth-order valence-corrected chi connectivity index (χ4v) is 1.82. The van der Waals surface area contributed by atoms with Crippen LogP contribution in [-0.4, -0.2) is 20.6 Å². The Morgan fingerprint density at radius 3 is 2.88 bits per heavy atom. The Labute approximate surface area is 103 Å². The van der Waals surface area contributed by atoms with Gasteiger partial charge in [0.25, 0.3) is 0 Å². The minimum Gasteiger partial charge on any atom is -0.476 e. The molecule has 1 aromatic heterocycles. The second-order valence-electron chi connectivity index (χ2n) is 3.74. The van der Waals surface area contributed by atoms with E-state index in [4.69, 9.17) is 16.7 Å². The van der Waals surface area contributed by atoms with Gasteiger partial charge in [0.2, 0.25) is 0 Å². The monoisotopic (exact) mass is 250 g/mol. The van der Waals surface area contributed by atoms with Crippen molar-refractivity contribution in [2.75, 3.05) is 0 Å². The van der Waals surface area contributed by atoms with Crippen LogP contribution in [0.2, 0.25) is 5.02 Å². The number of carboxylic acids is 1. The molecule has 2 aromatic rings. The van der Waals surface area contributed by atoms with Gasteiger partial charge in [-0.3, -0.25) is 0 Å². The number of aromatic nitrogens is 2. The molecule has 1 N–H and O–H groups in total. The second kappa shape index (κ2) is 4.59. The van der Waals surface area contributed by atoms with Crippen molar-refractivity contribution in [1.82, 2.24) is 9.55 Å². The van der Waals surface area contributed by atoms with Crippen molar-refractivity contribution in [3.63, 3.8) is 0 Å². The summed E-state index contributed by atoms with van der Waals surface area (Å²) in [6.07, 6.45) is 1.53. The third-order valence-electron chi connectivity index (χ3n) is 2.44. The Hall–Kier alpha value is -1.81. The molecule has 88 valence electrons. The standard InChI is InChI=1S/C12H11ClN2O2/c1-8-14-11(12(16)17)7-15(8)6-9-3-2-4-10(13)5-9/h2-5,7H,6H2,1H3,(H,16,17). The Kier molecular flexibility index (Phi) is 3.15. The molecule has 0 saturated carbocycles. The van der Waals surface area contributed by atoms with Crippen LogP contribution in [0.25, 0.3) is 0 Å². The smallest absolute Gasteiger partial charge is 0.356 e. The van der Waals surface area contributed by atoms with Gasteiger partial charge in [-0.1, -0.05) is 23.7 Å². The average Bonchev–Trinajstić information content (AvgIpc) is 2.61. The Morgan fingerprint density at radius 2 is 2.29 bits per heavy atom. The van der Waals surface area contributed by atoms with E-state index in [1.54, 1.807) is 17.6 Å². The molecule has 0 bridgehead atoms. The van der Waals surface area contributed by atoms with E-state index in [1.807, 2.05) is 18.2 Å². The zero-order chi connectivity index (χ0) is 12.4. The van der Waals surface area contributed by atoms with E-state index >= 15 is 0 Å². The van der Waals surface area contributed by atoms with Gasteiger partial charge in [-0.05, 0) is 24.6 Å². The maximum atomic E-state index is 10.8. The van der Waals surface area contributed by atoms with Crippen LogP contribution in [0.5, 0.6) is 0 Å². The maximum Gasteiger partial charge on any atom is 0.356 e. The topological polar surface area (TPSA) is 55.1 Å². The number of halogens is 1. The zero-order valence-corrected chi connectivity index (χ0v) is 9.98. The predicted octanol–water partition coefficient (Wildman–Crippen LogP) is 2.59. The van der Waals surface area contributed by atoms with Gasteiger partial charge in [-0.15, -0.1) is 0 Å². The number of aryl methyl sites for hydroxylation is 1. The lowest BCUT2D eigenvalue weighted by molar-refractivity contribution is 0.0691. The fraction of sp³-hybridized carbons (Fsp3) is 0.167. The Morgan fingerprint density at radius 1 is 1.53 bits per heavy atom. The van der Waals surface area contributed by atoms with E-state index in [0.717, 1.165) is 5.56 Å². The summed E-state index contributed by atoms with van der Waals surface area (Å²) in [4.78, 5) is 14.7. The van der Waals surface area contributed by atoms with Gasteiger partial charge >= 0.3 is 5.97 Å². The third-order valence-corrected chi connectivity index (χ3v) is 2.67. The van der Waals surface area contributed by atoms with Crippen LogP contribution in [0, 0.1) is 6.92 Å². The van der Waals surface area contributed by atoms with Crippen molar-refractivity contribution < 1.29 is 9.90 Å². The number of hydrogen-bond acceptors (Lipinski definition) is 2. The summed E-state index contributed by atoms with van der Waals surface area (Å²) in [5, 5.41) is 9.50. The molecule has 4 nitrogen and oxygen atoms in total. The highest BCUT2D eigenvalue weighted by Gasteiger charge is 2.10. The van der Waals surface area contributed by atoms with E-state index in [1.165, 1.54) is 6.20 Å². The van der Waals surface area contributed by atoms with E-state index < -0.39 is 5.97 Å². The van der Waals surface area contributed by atoms with Crippen molar-refractivity contribution in [2.24, 2.45) is 0 Å². The quantitative estimate of drug-likeness (QED) is 0.911. The minimum atomic E-state index is -1.02. The number of aromatic carboxylic acids is 1. The molecule has 0 atom stereocenters. The van der Waals surface area contributed by atoms with Crippen molar-refractivity contribution >= 4 is 17.6 Å². The number of hydrogen-bond donors (Lipinski definition) is 1. The van der Waals surface area contributed by atoms with Crippen LogP contribution >= 0.6 is 11.6 Å². The predicted molar refractivity (Wildman–Crippen MR) is 64.5 cm³/mol. The average molecular weight is 251 g/mol. The van der Waals surface area contributed by atoms with E-state index in [9.17, 15) is 4.79 Å². The number of carboxylic acid groups (broad SMARTS) is 1. The third kappa shape index (κ3) is 2.65. The molecule has 5 heteroatoms. The molecule has 0 unspecified atom stereocenters. The van der Waals surface area contributed by atoms with Crippen LogP contribution < -0.4 is 0 Å². The lowest BCUT2D eigenvalue weighted by atomic mass is 10.2. The molecule has 1 aromatic carbocycles. The first kappa shape index (κ1) is 11.7. The molecular formula is C12H11ClN2O2. The fourth-order valence-electron chi connectivity index (χ4n) is 1.60. The van der Waals surface area contributed by atoms with E-state index in [2.05, 4.69) is 4.98 Å². The highest BCUT2D eigenvalue weighted by atomic mass is 35.5.